The number of fused-ring (bicyclic) bond motifs is 1. The predicted octanol–water partition coefficient (Wildman–Crippen LogP) is 1.85. The number of aromatic nitrogens is 7. The monoisotopic (exact) mass is 387 g/mol. The molecular formula is C20H21N9. The lowest BCUT2D eigenvalue weighted by Gasteiger charge is -2.36. The Bertz CT molecular complexity index is 1130. The smallest absolute Gasteiger partial charge is 0.163 e. The maximum absolute atomic E-state index is 4.69. The number of pyridine rings is 1. The molecule has 29 heavy (non-hydrogen) atoms. The second-order valence-electron chi connectivity index (χ2n) is 7.07. The van der Waals surface area contributed by atoms with Crippen molar-refractivity contribution in [1.82, 2.24) is 34.9 Å². The molecule has 146 valence electrons. The molecule has 4 aromatic rings. The fourth-order valence-corrected chi connectivity index (χ4v) is 3.65. The number of aryl methyl sites for hydroxylation is 2. The van der Waals surface area contributed by atoms with Gasteiger partial charge in [-0.15, -0.1) is 10.2 Å². The molecule has 0 radical (unpaired) electrons. The summed E-state index contributed by atoms with van der Waals surface area (Å²) in [6, 6.07) is 9.77. The van der Waals surface area contributed by atoms with Crippen LogP contribution in [-0.4, -0.2) is 61.1 Å². The van der Waals surface area contributed by atoms with Gasteiger partial charge in [0.05, 0.1) is 17.3 Å². The van der Waals surface area contributed by atoms with Gasteiger partial charge in [-0.3, -0.25) is 9.67 Å². The van der Waals surface area contributed by atoms with Crippen molar-refractivity contribution < 1.29 is 0 Å². The molecule has 0 N–H and O–H groups in total. The van der Waals surface area contributed by atoms with Crippen molar-refractivity contribution in [3.63, 3.8) is 0 Å². The topological polar surface area (TPSA) is 88.8 Å². The number of piperazine rings is 1. The SMILES string of the molecule is Cc1nc(N2CCN(c3ccc(-c4ccccn4)nn3)CC2)c2cnn(C)c2n1. The van der Waals surface area contributed by atoms with Gasteiger partial charge in [0.1, 0.15) is 17.3 Å². The van der Waals surface area contributed by atoms with Crippen LogP contribution in [0, 0.1) is 6.92 Å². The lowest BCUT2D eigenvalue weighted by atomic mass is 10.2. The molecule has 0 unspecified atom stereocenters. The summed E-state index contributed by atoms with van der Waals surface area (Å²) in [5.74, 6) is 2.60. The van der Waals surface area contributed by atoms with E-state index in [0.29, 0.717) is 0 Å². The van der Waals surface area contributed by atoms with Gasteiger partial charge in [-0.05, 0) is 31.2 Å². The molecule has 9 heteroatoms. The fraction of sp³-hybridized carbons (Fsp3) is 0.300. The lowest BCUT2D eigenvalue weighted by Crippen LogP contribution is -2.47. The summed E-state index contributed by atoms with van der Waals surface area (Å²) >= 11 is 0. The summed E-state index contributed by atoms with van der Waals surface area (Å²) in [4.78, 5) is 18.1. The molecule has 0 aliphatic carbocycles. The molecule has 1 aliphatic rings. The Kier molecular flexibility index (Phi) is 4.27. The summed E-state index contributed by atoms with van der Waals surface area (Å²) in [6.07, 6.45) is 3.61. The zero-order chi connectivity index (χ0) is 19.8. The van der Waals surface area contributed by atoms with Crippen molar-refractivity contribution in [3.8, 4) is 11.4 Å². The first kappa shape index (κ1) is 17.5. The fourth-order valence-electron chi connectivity index (χ4n) is 3.65. The normalized spacial score (nSPS) is 14.6. The van der Waals surface area contributed by atoms with Gasteiger partial charge in [-0.1, -0.05) is 6.07 Å². The van der Waals surface area contributed by atoms with E-state index in [-0.39, 0.29) is 0 Å². The van der Waals surface area contributed by atoms with Crippen LogP contribution in [-0.2, 0) is 7.05 Å². The highest BCUT2D eigenvalue weighted by Crippen LogP contribution is 2.25. The van der Waals surface area contributed by atoms with Crippen LogP contribution >= 0.6 is 0 Å². The average molecular weight is 387 g/mol. The Morgan fingerprint density at radius 1 is 0.862 bits per heavy atom. The van der Waals surface area contributed by atoms with E-state index in [1.165, 1.54) is 0 Å². The Hall–Kier alpha value is -3.62. The highest BCUT2D eigenvalue weighted by atomic mass is 15.3. The van der Waals surface area contributed by atoms with E-state index in [0.717, 1.165) is 66.1 Å². The van der Waals surface area contributed by atoms with Gasteiger partial charge in [-0.25, -0.2) is 9.97 Å². The van der Waals surface area contributed by atoms with E-state index >= 15 is 0 Å². The Morgan fingerprint density at radius 3 is 2.41 bits per heavy atom. The lowest BCUT2D eigenvalue weighted by molar-refractivity contribution is 0.638. The van der Waals surface area contributed by atoms with Crippen LogP contribution in [0.3, 0.4) is 0 Å². The van der Waals surface area contributed by atoms with Crippen LogP contribution < -0.4 is 9.80 Å². The van der Waals surface area contributed by atoms with Crippen molar-refractivity contribution in [2.24, 2.45) is 7.05 Å². The summed E-state index contributed by atoms with van der Waals surface area (Å²) in [7, 11) is 1.91. The van der Waals surface area contributed by atoms with E-state index in [1.54, 1.807) is 10.9 Å². The van der Waals surface area contributed by atoms with Crippen LogP contribution in [0.1, 0.15) is 5.82 Å². The maximum atomic E-state index is 4.69. The quantitative estimate of drug-likeness (QED) is 0.526. The number of hydrogen-bond donors (Lipinski definition) is 0. The molecule has 0 atom stereocenters. The summed E-state index contributed by atoms with van der Waals surface area (Å²) in [5.41, 5.74) is 2.48. The van der Waals surface area contributed by atoms with Crippen molar-refractivity contribution in [2.45, 2.75) is 6.92 Å². The van der Waals surface area contributed by atoms with Crippen molar-refractivity contribution in [1.29, 1.82) is 0 Å². The first-order valence-electron chi connectivity index (χ1n) is 9.60. The summed E-state index contributed by atoms with van der Waals surface area (Å²) in [5, 5.41) is 14.1. The van der Waals surface area contributed by atoms with E-state index in [1.807, 2.05) is 50.5 Å². The molecule has 4 aromatic heterocycles. The molecule has 1 aliphatic heterocycles. The summed E-state index contributed by atoms with van der Waals surface area (Å²) in [6.45, 7) is 5.32. The molecule has 0 amide bonds. The summed E-state index contributed by atoms with van der Waals surface area (Å²) < 4.78 is 1.79. The van der Waals surface area contributed by atoms with Gasteiger partial charge in [0.25, 0.3) is 0 Å². The van der Waals surface area contributed by atoms with Gasteiger partial charge in [0.15, 0.2) is 11.5 Å². The highest BCUT2D eigenvalue weighted by molar-refractivity contribution is 5.87. The van der Waals surface area contributed by atoms with Crippen molar-refractivity contribution in [2.75, 3.05) is 36.0 Å². The standard InChI is InChI=1S/C20H21N9/c1-14-23-19-15(13-22-27(19)2)20(24-14)29-11-9-28(10-12-29)18-7-6-17(25-26-18)16-5-3-4-8-21-16/h3-8,13H,9-12H2,1-2H3. The van der Waals surface area contributed by atoms with Gasteiger partial charge in [0, 0.05) is 39.4 Å². The van der Waals surface area contributed by atoms with Crippen LogP contribution in [0.25, 0.3) is 22.4 Å². The number of hydrogen-bond acceptors (Lipinski definition) is 8. The second kappa shape index (κ2) is 7.08. The van der Waals surface area contributed by atoms with E-state index in [9.17, 15) is 0 Å². The number of anilines is 2. The Balaban J connectivity index is 1.32. The first-order chi connectivity index (χ1) is 14.2. The molecule has 5 rings (SSSR count). The molecule has 1 saturated heterocycles. The predicted molar refractivity (Wildman–Crippen MR) is 111 cm³/mol. The van der Waals surface area contributed by atoms with E-state index < -0.39 is 0 Å². The van der Waals surface area contributed by atoms with Crippen LogP contribution in [0.5, 0.6) is 0 Å². The highest BCUT2D eigenvalue weighted by Gasteiger charge is 2.22. The van der Waals surface area contributed by atoms with Gasteiger partial charge < -0.3 is 9.80 Å². The molecule has 1 fully saturated rings. The minimum Gasteiger partial charge on any atom is -0.352 e. The van der Waals surface area contributed by atoms with Gasteiger partial charge in [0.2, 0.25) is 0 Å². The zero-order valence-electron chi connectivity index (χ0n) is 16.4. The van der Waals surface area contributed by atoms with Crippen LogP contribution in [0.4, 0.5) is 11.6 Å². The van der Waals surface area contributed by atoms with E-state index in [4.69, 9.17) is 0 Å². The molecular weight excluding hydrogens is 366 g/mol. The maximum Gasteiger partial charge on any atom is 0.163 e. The Labute approximate surface area is 168 Å². The molecule has 0 spiro atoms. The first-order valence-corrected chi connectivity index (χ1v) is 9.60. The van der Waals surface area contributed by atoms with E-state index in [2.05, 4.69) is 40.0 Å². The van der Waals surface area contributed by atoms with Gasteiger partial charge in [-0.2, -0.15) is 5.10 Å². The minimum atomic E-state index is 0.759. The molecule has 0 saturated carbocycles. The van der Waals surface area contributed by atoms with Crippen molar-refractivity contribution in [3.05, 3.63) is 48.5 Å². The Morgan fingerprint density at radius 2 is 1.69 bits per heavy atom. The number of rotatable bonds is 3. The third-order valence-electron chi connectivity index (χ3n) is 5.16. The molecule has 0 aromatic carbocycles. The van der Waals surface area contributed by atoms with Gasteiger partial charge >= 0.3 is 0 Å². The second-order valence-corrected chi connectivity index (χ2v) is 7.07. The van der Waals surface area contributed by atoms with Crippen molar-refractivity contribution >= 4 is 22.7 Å². The minimum absolute atomic E-state index is 0.759. The third kappa shape index (κ3) is 3.24. The average Bonchev–Trinajstić information content (AvgIpc) is 3.15. The number of nitrogens with zero attached hydrogens (tertiary/aromatic N) is 9. The van der Waals surface area contributed by atoms with Crippen LogP contribution in [0.2, 0.25) is 0 Å². The van der Waals surface area contributed by atoms with Crippen LogP contribution in [0.15, 0.2) is 42.7 Å². The molecule has 0 bridgehead atoms. The molecule has 5 heterocycles. The molecule has 9 nitrogen and oxygen atoms in total. The third-order valence-corrected chi connectivity index (χ3v) is 5.16. The largest absolute Gasteiger partial charge is 0.352 e. The zero-order valence-corrected chi connectivity index (χ0v) is 16.4.